The third kappa shape index (κ3) is 5.55. The first kappa shape index (κ1) is 16.5. The van der Waals surface area contributed by atoms with Crippen LogP contribution in [0.4, 0.5) is 8.78 Å². The number of rotatable bonds is 7. The van der Waals surface area contributed by atoms with Crippen molar-refractivity contribution in [2.75, 3.05) is 13.1 Å². The highest BCUT2D eigenvalue weighted by Crippen LogP contribution is 2.11. The Morgan fingerprint density at radius 1 is 1.00 bits per heavy atom. The molecule has 114 valence electrons. The number of benzene rings is 1. The number of halogens is 2. The first-order valence-electron chi connectivity index (χ1n) is 5.95. The minimum absolute atomic E-state index is 0.0474. The average molecular weight is 301 g/mol. The quantitative estimate of drug-likeness (QED) is 0.780. The van der Waals surface area contributed by atoms with Gasteiger partial charge in [-0.05, 0) is 24.1 Å². The molecule has 1 rings (SSSR count). The SMILES string of the molecule is O=C(O)CN(CC(=O)O)C(=O)CCc1ccc(F)c(F)c1. The van der Waals surface area contributed by atoms with Crippen molar-refractivity contribution >= 4 is 17.8 Å². The van der Waals surface area contributed by atoms with Crippen LogP contribution in [-0.4, -0.2) is 46.0 Å². The summed E-state index contributed by atoms with van der Waals surface area (Å²) >= 11 is 0. The number of amides is 1. The minimum atomic E-state index is -1.34. The molecule has 0 saturated heterocycles. The fraction of sp³-hybridized carbons (Fsp3) is 0.308. The third-order valence-electron chi connectivity index (χ3n) is 2.62. The fourth-order valence-corrected chi connectivity index (χ4v) is 1.66. The van der Waals surface area contributed by atoms with Crippen molar-refractivity contribution in [2.24, 2.45) is 0 Å². The lowest BCUT2D eigenvalue weighted by molar-refractivity contribution is -0.149. The molecular formula is C13H13F2NO5. The first-order chi connectivity index (χ1) is 9.79. The standard InChI is InChI=1S/C13H13F2NO5/c14-9-3-1-8(5-10(9)15)2-4-11(17)16(6-12(18)19)7-13(20)21/h1,3,5H,2,4,6-7H2,(H,18,19)(H,20,21). The molecule has 0 saturated carbocycles. The summed E-state index contributed by atoms with van der Waals surface area (Å²) in [5, 5.41) is 17.2. The number of hydrogen-bond acceptors (Lipinski definition) is 3. The average Bonchev–Trinajstić information content (AvgIpc) is 2.38. The van der Waals surface area contributed by atoms with Crippen LogP contribution in [0.25, 0.3) is 0 Å². The molecule has 1 amide bonds. The normalized spacial score (nSPS) is 10.2. The van der Waals surface area contributed by atoms with Crippen molar-refractivity contribution in [2.45, 2.75) is 12.8 Å². The van der Waals surface area contributed by atoms with Crippen LogP contribution in [0.2, 0.25) is 0 Å². The molecular weight excluding hydrogens is 288 g/mol. The predicted molar refractivity (Wildman–Crippen MR) is 66.5 cm³/mol. The van der Waals surface area contributed by atoms with E-state index in [1.807, 2.05) is 0 Å². The van der Waals surface area contributed by atoms with E-state index < -0.39 is 42.6 Å². The molecule has 0 spiro atoms. The maximum absolute atomic E-state index is 13.0. The van der Waals surface area contributed by atoms with Crippen molar-refractivity contribution in [3.05, 3.63) is 35.4 Å². The van der Waals surface area contributed by atoms with Gasteiger partial charge in [-0.1, -0.05) is 6.07 Å². The van der Waals surface area contributed by atoms with E-state index in [9.17, 15) is 23.2 Å². The molecule has 0 atom stereocenters. The number of carbonyl (C=O) groups is 3. The first-order valence-corrected chi connectivity index (χ1v) is 5.95. The van der Waals surface area contributed by atoms with Crippen LogP contribution >= 0.6 is 0 Å². The summed E-state index contributed by atoms with van der Waals surface area (Å²) in [5.74, 6) is -5.42. The van der Waals surface area contributed by atoms with E-state index >= 15 is 0 Å². The van der Waals surface area contributed by atoms with E-state index in [1.54, 1.807) is 0 Å². The Labute approximate surface area is 118 Å². The highest BCUT2D eigenvalue weighted by Gasteiger charge is 2.19. The van der Waals surface area contributed by atoms with E-state index in [4.69, 9.17) is 10.2 Å². The van der Waals surface area contributed by atoms with E-state index in [0.717, 1.165) is 12.1 Å². The lowest BCUT2D eigenvalue weighted by atomic mass is 10.1. The molecule has 1 aromatic rings. The van der Waals surface area contributed by atoms with Gasteiger partial charge in [0.25, 0.3) is 0 Å². The molecule has 6 nitrogen and oxygen atoms in total. The molecule has 0 bridgehead atoms. The molecule has 0 heterocycles. The maximum Gasteiger partial charge on any atom is 0.323 e. The molecule has 0 aliphatic heterocycles. The van der Waals surface area contributed by atoms with E-state index in [1.165, 1.54) is 6.07 Å². The van der Waals surface area contributed by atoms with Crippen LogP contribution in [0.5, 0.6) is 0 Å². The third-order valence-corrected chi connectivity index (χ3v) is 2.62. The topological polar surface area (TPSA) is 94.9 Å². The molecule has 0 aliphatic carbocycles. The number of carbonyl (C=O) groups excluding carboxylic acids is 1. The molecule has 2 N–H and O–H groups in total. The van der Waals surface area contributed by atoms with E-state index in [2.05, 4.69) is 0 Å². The summed E-state index contributed by atoms with van der Waals surface area (Å²) in [5.41, 5.74) is 0.354. The van der Waals surface area contributed by atoms with Gasteiger partial charge in [0.15, 0.2) is 11.6 Å². The molecule has 1 aromatic carbocycles. The fourth-order valence-electron chi connectivity index (χ4n) is 1.66. The summed E-state index contributed by atoms with van der Waals surface area (Å²) in [6.07, 6.45) is -0.155. The maximum atomic E-state index is 13.0. The van der Waals surface area contributed by atoms with Gasteiger partial charge in [0.2, 0.25) is 5.91 Å². The highest BCUT2D eigenvalue weighted by atomic mass is 19.2. The van der Waals surface area contributed by atoms with Crippen LogP contribution in [0.3, 0.4) is 0 Å². The molecule has 0 aliphatic rings. The van der Waals surface area contributed by atoms with Gasteiger partial charge in [0.1, 0.15) is 13.1 Å². The second kappa shape index (κ2) is 7.32. The highest BCUT2D eigenvalue weighted by molar-refractivity contribution is 5.85. The molecule has 0 aromatic heterocycles. The molecule has 0 fully saturated rings. The van der Waals surface area contributed by atoms with Gasteiger partial charge in [-0.15, -0.1) is 0 Å². The summed E-state index contributed by atoms with van der Waals surface area (Å²) in [6.45, 7) is -1.47. The van der Waals surface area contributed by atoms with Gasteiger partial charge in [-0.2, -0.15) is 0 Å². The molecule has 0 unspecified atom stereocenters. The van der Waals surface area contributed by atoms with E-state index in [0.29, 0.717) is 10.5 Å². The van der Waals surface area contributed by atoms with Crippen LogP contribution in [-0.2, 0) is 20.8 Å². The Bertz CT molecular complexity index is 545. The second-order valence-electron chi connectivity index (χ2n) is 4.29. The van der Waals surface area contributed by atoms with Crippen molar-refractivity contribution in [3.63, 3.8) is 0 Å². The number of aliphatic carboxylic acids is 2. The second-order valence-corrected chi connectivity index (χ2v) is 4.29. The van der Waals surface area contributed by atoms with Gasteiger partial charge in [0.05, 0.1) is 0 Å². The number of nitrogens with zero attached hydrogens (tertiary/aromatic N) is 1. The smallest absolute Gasteiger partial charge is 0.323 e. The van der Waals surface area contributed by atoms with Gasteiger partial charge in [-0.3, -0.25) is 14.4 Å². The molecule has 21 heavy (non-hydrogen) atoms. The summed E-state index contributed by atoms with van der Waals surface area (Å²) < 4.78 is 25.7. The van der Waals surface area contributed by atoms with Crippen molar-refractivity contribution in [3.8, 4) is 0 Å². The van der Waals surface area contributed by atoms with Crippen LogP contribution in [0.1, 0.15) is 12.0 Å². The Kier molecular flexibility index (Phi) is 5.77. The van der Waals surface area contributed by atoms with Gasteiger partial charge >= 0.3 is 11.9 Å². The Morgan fingerprint density at radius 2 is 1.57 bits per heavy atom. The van der Waals surface area contributed by atoms with Gasteiger partial charge in [-0.25, -0.2) is 8.78 Å². The van der Waals surface area contributed by atoms with Gasteiger partial charge in [0, 0.05) is 6.42 Å². The lowest BCUT2D eigenvalue weighted by Crippen LogP contribution is -2.39. The largest absolute Gasteiger partial charge is 0.480 e. The zero-order valence-electron chi connectivity index (χ0n) is 10.9. The minimum Gasteiger partial charge on any atom is -0.480 e. The zero-order valence-corrected chi connectivity index (χ0v) is 10.9. The molecule has 0 radical (unpaired) electrons. The van der Waals surface area contributed by atoms with Crippen LogP contribution < -0.4 is 0 Å². The van der Waals surface area contributed by atoms with Crippen molar-refractivity contribution < 1.29 is 33.4 Å². The van der Waals surface area contributed by atoms with Crippen LogP contribution in [0, 0.1) is 11.6 Å². The Balaban J connectivity index is 2.65. The van der Waals surface area contributed by atoms with Crippen LogP contribution in [0.15, 0.2) is 18.2 Å². The lowest BCUT2D eigenvalue weighted by Gasteiger charge is -2.18. The number of aryl methyl sites for hydroxylation is 1. The number of carboxylic acids is 2. The zero-order chi connectivity index (χ0) is 16.0. The van der Waals surface area contributed by atoms with Crippen molar-refractivity contribution in [1.82, 2.24) is 4.90 Å². The van der Waals surface area contributed by atoms with Crippen molar-refractivity contribution in [1.29, 1.82) is 0 Å². The number of carboxylic acid groups (broad SMARTS) is 2. The van der Waals surface area contributed by atoms with Gasteiger partial charge < -0.3 is 15.1 Å². The Hall–Kier alpha value is -2.51. The number of hydrogen-bond donors (Lipinski definition) is 2. The summed E-state index contributed by atoms with van der Waals surface area (Å²) in [7, 11) is 0. The Morgan fingerprint density at radius 3 is 2.05 bits per heavy atom. The summed E-state index contributed by atoms with van der Waals surface area (Å²) in [4.78, 5) is 33.6. The molecule has 8 heteroatoms. The monoisotopic (exact) mass is 301 g/mol. The summed E-state index contributed by atoms with van der Waals surface area (Å²) in [6, 6.07) is 3.15. The predicted octanol–water partition coefficient (Wildman–Crippen LogP) is 0.895. The van der Waals surface area contributed by atoms with E-state index in [-0.39, 0.29) is 12.8 Å².